The third kappa shape index (κ3) is 2.81. The molecule has 2 heterocycles. The lowest BCUT2D eigenvalue weighted by molar-refractivity contribution is -0.120. The molecule has 0 atom stereocenters. The summed E-state index contributed by atoms with van der Waals surface area (Å²) in [5.41, 5.74) is 4.55. The van der Waals surface area contributed by atoms with E-state index in [9.17, 15) is 4.79 Å². The number of aryl methyl sites for hydroxylation is 2. The van der Waals surface area contributed by atoms with Crippen molar-refractivity contribution in [1.29, 1.82) is 0 Å². The summed E-state index contributed by atoms with van der Waals surface area (Å²) in [6, 6.07) is 4.31. The van der Waals surface area contributed by atoms with Gasteiger partial charge in [0.15, 0.2) is 5.82 Å². The van der Waals surface area contributed by atoms with Gasteiger partial charge in [-0.2, -0.15) is 4.98 Å². The molecular formula is C19H19N3O3. The Morgan fingerprint density at radius 1 is 1.24 bits per heavy atom. The van der Waals surface area contributed by atoms with Gasteiger partial charge < -0.3 is 14.3 Å². The van der Waals surface area contributed by atoms with E-state index in [-0.39, 0.29) is 18.9 Å². The smallest absolute Gasteiger partial charge is 0.246 e. The van der Waals surface area contributed by atoms with Crippen molar-refractivity contribution in [2.24, 2.45) is 0 Å². The number of hydrogen-bond donors (Lipinski definition) is 1. The van der Waals surface area contributed by atoms with Crippen LogP contribution < -0.4 is 5.32 Å². The number of fused-ring (bicyclic) bond motifs is 2. The predicted molar refractivity (Wildman–Crippen MR) is 90.1 cm³/mol. The Balaban J connectivity index is 1.26. The van der Waals surface area contributed by atoms with Crippen molar-refractivity contribution in [2.45, 2.75) is 51.0 Å². The Labute approximate surface area is 144 Å². The van der Waals surface area contributed by atoms with E-state index in [0.717, 1.165) is 48.0 Å². The van der Waals surface area contributed by atoms with Gasteiger partial charge in [-0.25, -0.2) is 0 Å². The van der Waals surface area contributed by atoms with E-state index >= 15 is 0 Å². The lowest BCUT2D eigenvalue weighted by atomic mass is 10.0. The van der Waals surface area contributed by atoms with Crippen LogP contribution in [0, 0.1) is 0 Å². The van der Waals surface area contributed by atoms with Gasteiger partial charge in [0, 0.05) is 16.9 Å². The molecule has 0 spiro atoms. The Hall–Kier alpha value is -2.63. The fourth-order valence-corrected chi connectivity index (χ4v) is 3.54. The van der Waals surface area contributed by atoms with E-state index in [1.54, 1.807) is 6.26 Å². The molecule has 1 aromatic carbocycles. The summed E-state index contributed by atoms with van der Waals surface area (Å²) < 4.78 is 10.8. The second-order valence-electron chi connectivity index (χ2n) is 7.01. The van der Waals surface area contributed by atoms with Crippen LogP contribution in [-0.4, -0.2) is 16.0 Å². The first kappa shape index (κ1) is 14.7. The van der Waals surface area contributed by atoms with E-state index < -0.39 is 0 Å². The molecule has 1 saturated carbocycles. The van der Waals surface area contributed by atoms with E-state index in [2.05, 4.69) is 27.6 Å². The van der Waals surface area contributed by atoms with Crippen LogP contribution >= 0.6 is 0 Å². The molecule has 0 bridgehead atoms. The fraction of sp³-hybridized carbons (Fsp3) is 0.421. The first-order valence-corrected chi connectivity index (χ1v) is 8.87. The standard InChI is InChI=1S/C19H19N3O3/c23-17(20-9-18-21-19(22-25-18)11-4-5-11)8-14-10-24-16-7-13-3-1-2-12(13)6-15(14)16/h6-7,10-11H,1-5,8-9H2,(H,20,23). The summed E-state index contributed by atoms with van der Waals surface area (Å²) in [5.74, 6) is 1.60. The summed E-state index contributed by atoms with van der Waals surface area (Å²) in [4.78, 5) is 16.6. The van der Waals surface area contributed by atoms with E-state index in [4.69, 9.17) is 8.94 Å². The Morgan fingerprint density at radius 3 is 2.92 bits per heavy atom. The zero-order valence-electron chi connectivity index (χ0n) is 13.9. The van der Waals surface area contributed by atoms with Crippen LogP contribution in [0.25, 0.3) is 11.0 Å². The number of hydrogen-bond acceptors (Lipinski definition) is 5. The first-order chi connectivity index (χ1) is 12.3. The number of benzene rings is 1. The van der Waals surface area contributed by atoms with Gasteiger partial charge in [0.25, 0.3) is 0 Å². The highest BCUT2D eigenvalue weighted by atomic mass is 16.5. The van der Waals surface area contributed by atoms with Crippen molar-refractivity contribution in [3.05, 3.63) is 46.8 Å². The molecule has 0 radical (unpaired) electrons. The number of amides is 1. The average Bonchev–Trinajstić information content (AvgIpc) is 3.03. The Bertz CT molecular complexity index is 952. The molecule has 3 aromatic rings. The average molecular weight is 337 g/mol. The van der Waals surface area contributed by atoms with Gasteiger partial charge in [0.05, 0.1) is 19.2 Å². The van der Waals surface area contributed by atoms with Crippen LogP contribution in [0.15, 0.2) is 27.3 Å². The molecule has 6 heteroatoms. The van der Waals surface area contributed by atoms with Crippen molar-refractivity contribution >= 4 is 16.9 Å². The number of nitrogens with zero attached hydrogens (tertiary/aromatic N) is 2. The quantitative estimate of drug-likeness (QED) is 0.774. The van der Waals surface area contributed by atoms with E-state index in [0.29, 0.717) is 11.8 Å². The van der Waals surface area contributed by atoms with Crippen molar-refractivity contribution < 1.29 is 13.7 Å². The van der Waals surface area contributed by atoms with E-state index in [1.165, 1.54) is 17.5 Å². The summed E-state index contributed by atoms with van der Waals surface area (Å²) in [6.45, 7) is 0.268. The zero-order valence-corrected chi connectivity index (χ0v) is 13.9. The maximum atomic E-state index is 12.3. The monoisotopic (exact) mass is 337 g/mol. The molecular weight excluding hydrogens is 318 g/mol. The summed E-state index contributed by atoms with van der Waals surface area (Å²) in [6.07, 6.45) is 7.67. The molecule has 2 aliphatic carbocycles. The third-order valence-electron chi connectivity index (χ3n) is 5.08. The Kier molecular flexibility index (Phi) is 3.36. The van der Waals surface area contributed by atoms with Crippen molar-refractivity contribution in [1.82, 2.24) is 15.5 Å². The van der Waals surface area contributed by atoms with E-state index in [1.807, 2.05) is 0 Å². The lowest BCUT2D eigenvalue weighted by Gasteiger charge is -2.02. The number of rotatable bonds is 5. The first-order valence-electron chi connectivity index (χ1n) is 8.87. The summed E-state index contributed by atoms with van der Waals surface area (Å²) in [7, 11) is 0. The summed E-state index contributed by atoms with van der Waals surface area (Å²) in [5, 5.41) is 7.85. The minimum Gasteiger partial charge on any atom is -0.464 e. The molecule has 0 saturated heterocycles. The molecule has 5 rings (SSSR count). The molecule has 2 aliphatic rings. The van der Waals surface area contributed by atoms with Crippen molar-refractivity contribution in [3.8, 4) is 0 Å². The largest absolute Gasteiger partial charge is 0.464 e. The normalized spacial score (nSPS) is 16.3. The molecule has 0 aliphatic heterocycles. The van der Waals surface area contributed by atoms with Crippen LogP contribution in [-0.2, 0) is 30.6 Å². The molecule has 1 amide bonds. The molecule has 25 heavy (non-hydrogen) atoms. The molecule has 128 valence electrons. The molecule has 6 nitrogen and oxygen atoms in total. The van der Waals surface area contributed by atoms with Crippen LogP contribution in [0.2, 0.25) is 0 Å². The Morgan fingerprint density at radius 2 is 2.08 bits per heavy atom. The highest BCUT2D eigenvalue weighted by molar-refractivity contribution is 5.88. The number of nitrogens with one attached hydrogen (secondary N) is 1. The number of aromatic nitrogens is 2. The van der Waals surface area contributed by atoms with Gasteiger partial charge in [-0.3, -0.25) is 4.79 Å². The zero-order chi connectivity index (χ0) is 16.8. The molecule has 0 unspecified atom stereocenters. The van der Waals surface area contributed by atoms with Crippen LogP contribution in [0.5, 0.6) is 0 Å². The second-order valence-corrected chi connectivity index (χ2v) is 7.01. The van der Waals surface area contributed by atoms with Crippen LogP contribution in [0.3, 0.4) is 0 Å². The molecule has 1 fully saturated rings. The van der Waals surface area contributed by atoms with Gasteiger partial charge in [-0.1, -0.05) is 5.16 Å². The van der Waals surface area contributed by atoms with Crippen molar-refractivity contribution in [3.63, 3.8) is 0 Å². The highest BCUT2D eigenvalue weighted by Crippen LogP contribution is 2.38. The number of carbonyl (C=O) groups is 1. The van der Waals surface area contributed by atoms with Crippen LogP contribution in [0.4, 0.5) is 0 Å². The minimum atomic E-state index is -0.0747. The van der Waals surface area contributed by atoms with Gasteiger partial charge in [0.1, 0.15) is 5.58 Å². The molecule has 1 N–H and O–H groups in total. The second kappa shape index (κ2) is 5.72. The maximum absolute atomic E-state index is 12.3. The van der Waals surface area contributed by atoms with Crippen LogP contribution in [0.1, 0.15) is 53.6 Å². The highest BCUT2D eigenvalue weighted by Gasteiger charge is 2.28. The third-order valence-corrected chi connectivity index (χ3v) is 5.08. The summed E-state index contributed by atoms with van der Waals surface area (Å²) >= 11 is 0. The van der Waals surface area contributed by atoms with Crippen molar-refractivity contribution in [2.75, 3.05) is 0 Å². The van der Waals surface area contributed by atoms with Gasteiger partial charge in [-0.05, 0) is 55.4 Å². The lowest BCUT2D eigenvalue weighted by Crippen LogP contribution is -2.24. The maximum Gasteiger partial charge on any atom is 0.246 e. The number of carbonyl (C=O) groups excluding carboxylic acids is 1. The number of furan rings is 1. The van der Waals surface area contributed by atoms with Gasteiger partial charge in [0.2, 0.25) is 11.8 Å². The van der Waals surface area contributed by atoms with Gasteiger partial charge in [-0.15, -0.1) is 0 Å². The SMILES string of the molecule is O=C(Cc1coc2cc3c(cc12)CCC3)NCc1nc(C2CC2)no1. The predicted octanol–water partition coefficient (Wildman–Crippen LogP) is 3.04. The minimum absolute atomic E-state index is 0.0747. The topological polar surface area (TPSA) is 81.2 Å². The molecule has 2 aromatic heterocycles. The van der Waals surface area contributed by atoms with Gasteiger partial charge >= 0.3 is 0 Å². The fourth-order valence-electron chi connectivity index (χ4n) is 3.54.